The Balaban J connectivity index is 1.73. The van der Waals surface area contributed by atoms with Crippen molar-refractivity contribution in [1.29, 1.82) is 0 Å². The molecule has 6 heteroatoms. The zero-order valence-corrected chi connectivity index (χ0v) is 13.3. The van der Waals surface area contributed by atoms with Crippen LogP contribution in [0.2, 0.25) is 0 Å². The average Bonchev–Trinajstić information content (AvgIpc) is 3.13. The lowest BCUT2D eigenvalue weighted by molar-refractivity contribution is 0.432. The number of benzene rings is 1. The topological polar surface area (TPSA) is 64.7 Å². The van der Waals surface area contributed by atoms with Crippen molar-refractivity contribution in [2.45, 2.75) is 6.92 Å². The van der Waals surface area contributed by atoms with Crippen molar-refractivity contribution in [3.8, 4) is 34.1 Å². The van der Waals surface area contributed by atoms with E-state index in [-0.39, 0.29) is 0 Å². The molecule has 0 spiro atoms. The molecule has 0 aliphatic heterocycles. The summed E-state index contributed by atoms with van der Waals surface area (Å²) in [7, 11) is 0. The van der Waals surface area contributed by atoms with Gasteiger partial charge >= 0.3 is 0 Å². The van der Waals surface area contributed by atoms with E-state index in [1.165, 1.54) is 12.1 Å². The van der Waals surface area contributed by atoms with Gasteiger partial charge in [-0.25, -0.2) is 9.37 Å². The number of halogens is 1. The first-order valence-electron chi connectivity index (χ1n) is 7.67. The highest BCUT2D eigenvalue weighted by Crippen LogP contribution is 2.28. The SMILES string of the molecule is Cc1cc(-c2cccnc2)cc(-c2nc(-c3ccc(F)cn3)no2)c1. The van der Waals surface area contributed by atoms with Crippen LogP contribution in [0.3, 0.4) is 0 Å². The molecule has 0 radical (unpaired) electrons. The quantitative estimate of drug-likeness (QED) is 0.559. The maximum absolute atomic E-state index is 13.0. The van der Waals surface area contributed by atoms with Crippen molar-refractivity contribution < 1.29 is 8.91 Å². The van der Waals surface area contributed by atoms with Crippen molar-refractivity contribution in [1.82, 2.24) is 20.1 Å². The van der Waals surface area contributed by atoms with Crippen molar-refractivity contribution in [3.05, 3.63) is 72.4 Å². The van der Waals surface area contributed by atoms with Crippen LogP contribution in [-0.4, -0.2) is 20.1 Å². The number of aromatic nitrogens is 4. The van der Waals surface area contributed by atoms with Gasteiger partial charge in [-0.2, -0.15) is 4.98 Å². The Bertz CT molecular complexity index is 1010. The van der Waals surface area contributed by atoms with Crippen LogP contribution in [0, 0.1) is 12.7 Å². The third kappa shape index (κ3) is 3.14. The molecule has 0 fully saturated rings. The van der Waals surface area contributed by atoms with Crippen LogP contribution < -0.4 is 0 Å². The summed E-state index contributed by atoms with van der Waals surface area (Å²) in [6.45, 7) is 2.00. The number of rotatable bonds is 3. The highest BCUT2D eigenvalue weighted by molar-refractivity contribution is 5.70. The van der Waals surface area contributed by atoms with Crippen LogP contribution in [0.5, 0.6) is 0 Å². The first kappa shape index (κ1) is 15.1. The van der Waals surface area contributed by atoms with Crippen molar-refractivity contribution >= 4 is 0 Å². The zero-order chi connectivity index (χ0) is 17.2. The van der Waals surface area contributed by atoms with Gasteiger partial charge < -0.3 is 4.52 Å². The second-order valence-electron chi connectivity index (χ2n) is 5.61. The molecule has 3 aromatic heterocycles. The lowest BCUT2D eigenvalue weighted by Crippen LogP contribution is -1.87. The predicted octanol–water partition coefficient (Wildman–Crippen LogP) is 4.31. The third-order valence-electron chi connectivity index (χ3n) is 3.70. The van der Waals surface area contributed by atoms with Crippen LogP contribution in [-0.2, 0) is 0 Å². The van der Waals surface area contributed by atoms with E-state index in [4.69, 9.17) is 4.52 Å². The Morgan fingerprint density at radius 1 is 0.960 bits per heavy atom. The first-order valence-corrected chi connectivity index (χ1v) is 7.67. The van der Waals surface area contributed by atoms with E-state index < -0.39 is 5.82 Å². The molecule has 4 aromatic rings. The molecule has 5 nitrogen and oxygen atoms in total. The zero-order valence-electron chi connectivity index (χ0n) is 13.3. The van der Waals surface area contributed by atoms with Gasteiger partial charge in [-0.3, -0.25) is 4.98 Å². The number of hydrogen-bond acceptors (Lipinski definition) is 5. The number of pyridine rings is 2. The van der Waals surface area contributed by atoms with E-state index in [9.17, 15) is 4.39 Å². The lowest BCUT2D eigenvalue weighted by Gasteiger charge is -2.05. The van der Waals surface area contributed by atoms with E-state index in [0.717, 1.165) is 28.5 Å². The monoisotopic (exact) mass is 332 g/mol. The van der Waals surface area contributed by atoms with E-state index in [0.29, 0.717) is 17.4 Å². The summed E-state index contributed by atoms with van der Waals surface area (Å²) in [5.74, 6) is 0.293. The van der Waals surface area contributed by atoms with Gasteiger partial charge in [0.2, 0.25) is 5.82 Å². The third-order valence-corrected chi connectivity index (χ3v) is 3.70. The summed E-state index contributed by atoms with van der Waals surface area (Å²) in [5.41, 5.74) is 4.35. The molecule has 0 saturated heterocycles. The standard InChI is InChI=1S/C19H13FN4O/c1-12-7-14(13-3-2-6-21-10-13)9-15(8-12)19-23-18(24-25-19)17-5-4-16(20)11-22-17/h2-11H,1H3. The van der Waals surface area contributed by atoms with E-state index in [1.54, 1.807) is 12.4 Å². The van der Waals surface area contributed by atoms with Crippen LogP contribution in [0.1, 0.15) is 5.56 Å². The lowest BCUT2D eigenvalue weighted by atomic mass is 10.0. The second kappa shape index (κ2) is 6.24. The number of hydrogen-bond donors (Lipinski definition) is 0. The van der Waals surface area contributed by atoms with Crippen molar-refractivity contribution in [2.75, 3.05) is 0 Å². The van der Waals surface area contributed by atoms with Gasteiger partial charge in [0, 0.05) is 23.5 Å². The first-order chi connectivity index (χ1) is 12.2. The van der Waals surface area contributed by atoms with Gasteiger partial charge in [0.15, 0.2) is 0 Å². The Labute approximate surface area is 143 Å². The van der Waals surface area contributed by atoms with Gasteiger partial charge in [-0.1, -0.05) is 17.3 Å². The molecule has 4 rings (SSSR count). The van der Waals surface area contributed by atoms with Crippen molar-refractivity contribution in [3.63, 3.8) is 0 Å². The van der Waals surface area contributed by atoms with Gasteiger partial charge in [-0.15, -0.1) is 0 Å². The summed E-state index contributed by atoms with van der Waals surface area (Å²) >= 11 is 0. The van der Waals surface area contributed by atoms with Crippen LogP contribution in [0.25, 0.3) is 34.1 Å². The molecule has 3 heterocycles. The van der Waals surface area contributed by atoms with Crippen LogP contribution in [0.15, 0.2) is 65.6 Å². The molecule has 0 N–H and O–H groups in total. The van der Waals surface area contributed by atoms with Crippen LogP contribution >= 0.6 is 0 Å². The molecule has 0 unspecified atom stereocenters. The van der Waals surface area contributed by atoms with Crippen molar-refractivity contribution in [2.24, 2.45) is 0 Å². The number of aryl methyl sites for hydroxylation is 1. The van der Waals surface area contributed by atoms with Gasteiger partial charge in [0.25, 0.3) is 5.89 Å². The Morgan fingerprint density at radius 2 is 1.84 bits per heavy atom. The molecule has 122 valence electrons. The summed E-state index contributed by atoms with van der Waals surface area (Å²) in [5, 5.41) is 3.94. The summed E-state index contributed by atoms with van der Waals surface area (Å²) < 4.78 is 18.4. The van der Waals surface area contributed by atoms with Gasteiger partial charge in [0.05, 0.1) is 6.20 Å². The van der Waals surface area contributed by atoms with Gasteiger partial charge in [-0.05, 0) is 48.4 Å². The smallest absolute Gasteiger partial charge is 0.258 e. The largest absolute Gasteiger partial charge is 0.334 e. The molecule has 0 atom stereocenters. The van der Waals surface area contributed by atoms with E-state index in [2.05, 4.69) is 26.2 Å². The molecule has 0 saturated carbocycles. The molecular weight excluding hydrogens is 319 g/mol. The Morgan fingerprint density at radius 3 is 2.60 bits per heavy atom. The Kier molecular flexibility index (Phi) is 3.78. The number of nitrogens with zero attached hydrogens (tertiary/aromatic N) is 4. The van der Waals surface area contributed by atoms with Gasteiger partial charge in [0.1, 0.15) is 11.5 Å². The molecule has 0 aliphatic rings. The minimum absolute atomic E-state index is 0.319. The second-order valence-corrected chi connectivity index (χ2v) is 5.61. The molecule has 0 amide bonds. The summed E-state index contributed by atoms with van der Waals surface area (Å²) in [6.07, 6.45) is 4.67. The molecule has 0 bridgehead atoms. The molecule has 0 aliphatic carbocycles. The summed E-state index contributed by atoms with van der Waals surface area (Å²) in [4.78, 5) is 12.5. The fourth-order valence-corrected chi connectivity index (χ4v) is 2.56. The fourth-order valence-electron chi connectivity index (χ4n) is 2.56. The van der Waals surface area contributed by atoms with E-state index in [1.807, 2.05) is 31.2 Å². The molecule has 25 heavy (non-hydrogen) atoms. The Hall–Kier alpha value is -3.41. The maximum atomic E-state index is 13.0. The minimum atomic E-state index is -0.410. The highest BCUT2D eigenvalue weighted by atomic mass is 19.1. The fraction of sp³-hybridized carbons (Fsp3) is 0.0526. The van der Waals surface area contributed by atoms with Crippen LogP contribution in [0.4, 0.5) is 4.39 Å². The highest BCUT2D eigenvalue weighted by Gasteiger charge is 2.13. The average molecular weight is 332 g/mol. The molecular formula is C19H13FN4O. The molecule has 1 aromatic carbocycles. The normalized spacial score (nSPS) is 10.8. The summed E-state index contributed by atoms with van der Waals surface area (Å²) in [6, 6.07) is 12.7. The minimum Gasteiger partial charge on any atom is -0.334 e. The predicted molar refractivity (Wildman–Crippen MR) is 90.9 cm³/mol. The maximum Gasteiger partial charge on any atom is 0.258 e. The van der Waals surface area contributed by atoms with E-state index >= 15 is 0 Å².